The van der Waals surface area contributed by atoms with Crippen LogP contribution in [0.15, 0.2) is 12.4 Å². The van der Waals surface area contributed by atoms with E-state index in [0.717, 1.165) is 38.8 Å². The molecule has 0 spiro atoms. The van der Waals surface area contributed by atoms with Crippen molar-refractivity contribution in [2.45, 2.75) is 38.3 Å². The van der Waals surface area contributed by atoms with Gasteiger partial charge in [0.15, 0.2) is 0 Å². The summed E-state index contributed by atoms with van der Waals surface area (Å²) in [4.78, 5) is 23.8. The van der Waals surface area contributed by atoms with Gasteiger partial charge in [-0.3, -0.25) is 14.3 Å². The SMILES string of the molecule is O=C(Cn1cc(NC(=O)[C@H]2CCCNC2)cn1)NC1CC1. The number of nitrogens with one attached hydrogen (secondary N) is 3. The van der Waals surface area contributed by atoms with E-state index in [4.69, 9.17) is 0 Å². The fourth-order valence-corrected chi connectivity index (χ4v) is 2.48. The molecule has 7 heteroatoms. The fourth-order valence-electron chi connectivity index (χ4n) is 2.48. The molecule has 1 saturated heterocycles. The molecule has 2 amide bonds. The van der Waals surface area contributed by atoms with E-state index in [2.05, 4.69) is 21.0 Å². The number of anilines is 1. The van der Waals surface area contributed by atoms with Crippen molar-refractivity contribution in [3.8, 4) is 0 Å². The van der Waals surface area contributed by atoms with Gasteiger partial charge in [-0.05, 0) is 32.2 Å². The molecule has 7 nitrogen and oxygen atoms in total. The summed E-state index contributed by atoms with van der Waals surface area (Å²) < 4.78 is 1.55. The van der Waals surface area contributed by atoms with Gasteiger partial charge >= 0.3 is 0 Å². The summed E-state index contributed by atoms with van der Waals surface area (Å²) in [6.45, 7) is 1.90. The van der Waals surface area contributed by atoms with E-state index in [-0.39, 0.29) is 24.3 Å². The summed E-state index contributed by atoms with van der Waals surface area (Å²) in [6.07, 6.45) is 7.36. The van der Waals surface area contributed by atoms with Crippen LogP contribution in [0.5, 0.6) is 0 Å². The zero-order valence-electron chi connectivity index (χ0n) is 12.0. The zero-order chi connectivity index (χ0) is 14.7. The Balaban J connectivity index is 1.49. The maximum absolute atomic E-state index is 12.1. The Hall–Kier alpha value is -1.89. The Labute approximate surface area is 123 Å². The third-order valence-corrected chi connectivity index (χ3v) is 3.82. The maximum atomic E-state index is 12.1. The number of nitrogens with zero attached hydrogens (tertiary/aromatic N) is 2. The predicted octanol–water partition coefficient (Wildman–Crippen LogP) is 0.0998. The van der Waals surface area contributed by atoms with Crippen LogP contribution < -0.4 is 16.0 Å². The molecule has 21 heavy (non-hydrogen) atoms. The van der Waals surface area contributed by atoms with Crippen molar-refractivity contribution in [2.24, 2.45) is 5.92 Å². The number of carbonyl (C=O) groups is 2. The monoisotopic (exact) mass is 291 g/mol. The average molecular weight is 291 g/mol. The molecule has 3 rings (SSSR count). The molecule has 0 aromatic carbocycles. The van der Waals surface area contributed by atoms with Crippen LogP contribution in [0.2, 0.25) is 0 Å². The molecule has 0 unspecified atom stereocenters. The number of hydrogen-bond donors (Lipinski definition) is 3. The third-order valence-electron chi connectivity index (χ3n) is 3.82. The predicted molar refractivity (Wildman–Crippen MR) is 77.6 cm³/mol. The molecule has 3 N–H and O–H groups in total. The smallest absolute Gasteiger partial charge is 0.241 e. The highest BCUT2D eigenvalue weighted by atomic mass is 16.2. The van der Waals surface area contributed by atoms with E-state index in [1.165, 1.54) is 0 Å². The van der Waals surface area contributed by atoms with E-state index in [9.17, 15) is 9.59 Å². The molecular weight excluding hydrogens is 270 g/mol. The number of hydrogen-bond acceptors (Lipinski definition) is 4. The van der Waals surface area contributed by atoms with Gasteiger partial charge in [0, 0.05) is 18.8 Å². The van der Waals surface area contributed by atoms with E-state index in [1.807, 2.05) is 0 Å². The average Bonchev–Trinajstić information content (AvgIpc) is 3.19. The Morgan fingerprint density at radius 3 is 2.95 bits per heavy atom. The van der Waals surface area contributed by atoms with E-state index in [0.29, 0.717) is 11.7 Å². The molecule has 114 valence electrons. The topological polar surface area (TPSA) is 88.1 Å². The zero-order valence-corrected chi connectivity index (χ0v) is 12.0. The summed E-state index contributed by atoms with van der Waals surface area (Å²) in [6, 6.07) is 0.353. The molecule has 2 fully saturated rings. The van der Waals surface area contributed by atoms with Crippen molar-refractivity contribution in [3.63, 3.8) is 0 Å². The molecular formula is C14H21N5O2. The Bertz CT molecular complexity index is 517. The lowest BCUT2D eigenvalue weighted by atomic mass is 9.99. The van der Waals surface area contributed by atoms with Gasteiger partial charge < -0.3 is 16.0 Å². The van der Waals surface area contributed by atoms with Crippen LogP contribution in [0.3, 0.4) is 0 Å². The standard InChI is InChI=1S/C14H21N5O2/c20-13(17-11-3-4-11)9-19-8-12(7-16-19)18-14(21)10-2-1-5-15-6-10/h7-8,10-11,15H,1-6,9H2,(H,17,20)(H,18,21)/t10-/m0/s1. The molecule has 2 aliphatic rings. The van der Waals surface area contributed by atoms with Crippen LogP contribution in [0.4, 0.5) is 5.69 Å². The molecule has 1 aliphatic heterocycles. The van der Waals surface area contributed by atoms with Crippen LogP contribution in [0.1, 0.15) is 25.7 Å². The molecule has 0 radical (unpaired) electrons. The molecule has 2 heterocycles. The van der Waals surface area contributed by atoms with Gasteiger partial charge in [-0.15, -0.1) is 0 Å². The molecule has 1 aliphatic carbocycles. The second-order valence-electron chi connectivity index (χ2n) is 5.80. The first-order valence-electron chi connectivity index (χ1n) is 7.54. The number of aromatic nitrogens is 2. The first kappa shape index (κ1) is 14.1. The number of rotatable bonds is 5. The Morgan fingerprint density at radius 2 is 2.24 bits per heavy atom. The van der Waals surface area contributed by atoms with Crippen LogP contribution in [-0.2, 0) is 16.1 Å². The maximum Gasteiger partial charge on any atom is 0.241 e. The van der Waals surface area contributed by atoms with Gasteiger partial charge in [0.05, 0.1) is 17.8 Å². The lowest BCUT2D eigenvalue weighted by Crippen LogP contribution is -2.37. The van der Waals surface area contributed by atoms with Crippen molar-refractivity contribution in [1.82, 2.24) is 20.4 Å². The number of carbonyl (C=O) groups excluding carboxylic acids is 2. The minimum Gasteiger partial charge on any atom is -0.352 e. The van der Waals surface area contributed by atoms with Crippen LogP contribution in [-0.4, -0.2) is 40.7 Å². The number of amides is 2. The molecule has 1 atom stereocenters. The van der Waals surface area contributed by atoms with Crippen molar-refractivity contribution in [1.29, 1.82) is 0 Å². The van der Waals surface area contributed by atoms with Crippen molar-refractivity contribution in [3.05, 3.63) is 12.4 Å². The third kappa shape index (κ3) is 4.04. The van der Waals surface area contributed by atoms with Crippen molar-refractivity contribution in [2.75, 3.05) is 18.4 Å². The van der Waals surface area contributed by atoms with Gasteiger partial charge in [0.1, 0.15) is 6.54 Å². The highest BCUT2D eigenvalue weighted by Crippen LogP contribution is 2.18. The van der Waals surface area contributed by atoms with Gasteiger partial charge in [0.25, 0.3) is 0 Å². The summed E-state index contributed by atoms with van der Waals surface area (Å²) in [5.74, 6) is -0.000552. The normalized spacial score (nSPS) is 21.8. The van der Waals surface area contributed by atoms with Gasteiger partial charge in [0.2, 0.25) is 11.8 Å². The first-order valence-corrected chi connectivity index (χ1v) is 7.54. The quantitative estimate of drug-likeness (QED) is 0.718. The second kappa shape index (κ2) is 6.26. The molecule has 1 saturated carbocycles. The lowest BCUT2D eigenvalue weighted by molar-refractivity contribution is -0.122. The summed E-state index contributed by atoms with van der Waals surface area (Å²) in [5, 5.41) is 13.1. The number of piperidine rings is 1. The highest BCUT2D eigenvalue weighted by molar-refractivity contribution is 5.92. The molecule has 0 bridgehead atoms. The lowest BCUT2D eigenvalue weighted by Gasteiger charge is -2.21. The van der Waals surface area contributed by atoms with Crippen LogP contribution >= 0.6 is 0 Å². The van der Waals surface area contributed by atoms with E-state index < -0.39 is 0 Å². The van der Waals surface area contributed by atoms with Crippen molar-refractivity contribution >= 4 is 17.5 Å². The fraction of sp³-hybridized carbons (Fsp3) is 0.643. The van der Waals surface area contributed by atoms with E-state index in [1.54, 1.807) is 17.1 Å². The molecule has 1 aromatic rings. The van der Waals surface area contributed by atoms with Crippen LogP contribution in [0, 0.1) is 5.92 Å². The minimum absolute atomic E-state index is 0.0141. The summed E-state index contributed by atoms with van der Waals surface area (Å²) >= 11 is 0. The second-order valence-corrected chi connectivity index (χ2v) is 5.80. The summed E-state index contributed by atoms with van der Waals surface area (Å²) in [7, 11) is 0. The largest absolute Gasteiger partial charge is 0.352 e. The first-order chi connectivity index (χ1) is 10.2. The van der Waals surface area contributed by atoms with Crippen molar-refractivity contribution < 1.29 is 9.59 Å². The van der Waals surface area contributed by atoms with Gasteiger partial charge in [-0.2, -0.15) is 5.10 Å². The summed E-state index contributed by atoms with van der Waals surface area (Å²) in [5.41, 5.74) is 0.643. The minimum atomic E-state index is -0.0324. The Morgan fingerprint density at radius 1 is 1.38 bits per heavy atom. The van der Waals surface area contributed by atoms with Gasteiger partial charge in [-0.1, -0.05) is 0 Å². The van der Waals surface area contributed by atoms with E-state index >= 15 is 0 Å². The highest BCUT2D eigenvalue weighted by Gasteiger charge is 2.23. The Kier molecular flexibility index (Phi) is 4.19. The van der Waals surface area contributed by atoms with Crippen LogP contribution in [0.25, 0.3) is 0 Å². The van der Waals surface area contributed by atoms with Gasteiger partial charge in [-0.25, -0.2) is 0 Å². The molecule has 1 aromatic heterocycles.